The van der Waals surface area contributed by atoms with Gasteiger partial charge in [-0.2, -0.15) is 0 Å². The Labute approximate surface area is 182 Å². The van der Waals surface area contributed by atoms with Crippen molar-refractivity contribution < 1.29 is 9.53 Å². The van der Waals surface area contributed by atoms with E-state index in [0.29, 0.717) is 19.7 Å². The van der Waals surface area contributed by atoms with E-state index < -0.39 is 0 Å². The van der Waals surface area contributed by atoms with Crippen molar-refractivity contribution in [3.8, 4) is 16.3 Å². The number of ether oxygens (including phenoxy) is 1. The number of nitrogens with zero attached hydrogens (tertiary/aromatic N) is 2. The molecule has 0 aliphatic carbocycles. The lowest BCUT2D eigenvalue weighted by molar-refractivity contribution is 0.203. The monoisotopic (exact) mass is 471 g/mol. The summed E-state index contributed by atoms with van der Waals surface area (Å²) in [5, 5.41) is 5.88. The number of urea groups is 1. The Morgan fingerprint density at radius 2 is 2.03 bits per heavy atom. The van der Waals surface area contributed by atoms with Crippen molar-refractivity contribution >= 4 is 33.3 Å². The molecule has 1 aliphatic rings. The third kappa shape index (κ3) is 5.16. The number of halogens is 1. The second kappa shape index (κ2) is 9.41. The molecule has 0 atom stereocenters. The lowest BCUT2D eigenvalue weighted by atomic mass is 10.1. The van der Waals surface area contributed by atoms with Gasteiger partial charge in [-0.3, -0.25) is 0 Å². The normalized spacial score (nSPS) is 13.6. The molecule has 0 radical (unpaired) electrons. The molecule has 0 bridgehead atoms. The van der Waals surface area contributed by atoms with Crippen LogP contribution in [-0.2, 0) is 12.8 Å². The Hall–Kier alpha value is -2.38. The molecule has 2 aromatic carbocycles. The number of aromatic nitrogens is 1. The van der Waals surface area contributed by atoms with Gasteiger partial charge in [0.2, 0.25) is 0 Å². The molecule has 150 valence electrons. The van der Waals surface area contributed by atoms with Crippen molar-refractivity contribution in [3.05, 3.63) is 69.6 Å². The highest BCUT2D eigenvalue weighted by molar-refractivity contribution is 9.10. The third-order valence-electron chi connectivity index (χ3n) is 4.80. The van der Waals surface area contributed by atoms with Gasteiger partial charge < -0.3 is 15.0 Å². The Kier molecular flexibility index (Phi) is 6.46. The van der Waals surface area contributed by atoms with Crippen LogP contribution < -0.4 is 10.1 Å². The van der Waals surface area contributed by atoms with Gasteiger partial charge in [0, 0.05) is 22.9 Å². The molecule has 29 heavy (non-hydrogen) atoms. The Bertz CT molecular complexity index is 977. The van der Waals surface area contributed by atoms with Crippen molar-refractivity contribution in [3.63, 3.8) is 0 Å². The number of carbonyl (C=O) groups is 1. The molecule has 0 saturated carbocycles. The first-order valence-electron chi connectivity index (χ1n) is 9.63. The number of hydrogen-bond acceptors (Lipinski definition) is 4. The summed E-state index contributed by atoms with van der Waals surface area (Å²) in [4.78, 5) is 18.3. The molecule has 1 aliphatic heterocycles. The van der Waals surface area contributed by atoms with Crippen LogP contribution in [0.5, 0.6) is 5.75 Å². The highest BCUT2D eigenvalue weighted by Crippen LogP contribution is 2.34. The summed E-state index contributed by atoms with van der Waals surface area (Å²) in [6, 6.07) is 16.4. The number of rotatable bonds is 8. The molecule has 2 amide bonds. The minimum atomic E-state index is -0.0222. The number of aryl methyl sites for hydroxylation is 2. The van der Waals surface area contributed by atoms with Crippen LogP contribution in [0.3, 0.4) is 0 Å². The molecule has 5 nitrogen and oxygen atoms in total. The number of thiazole rings is 1. The largest absolute Gasteiger partial charge is 0.491 e. The van der Waals surface area contributed by atoms with E-state index in [-0.39, 0.29) is 6.03 Å². The quantitative estimate of drug-likeness (QED) is 0.514. The smallest absolute Gasteiger partial charge is 0.317 e. The molecule has 2 heterocycles. The molecule has 0 unspecified atom stereocenters. The predicted molar refractivity (Wildman–Crippen MR) is 120 cm³/mol. The van der Waals surface area contributed by atoms with Gasteiger partial charge in [-0.05, 0) is 36.6 Å². The molecule has 0 spiro atoms. The standard InChI is InChI=1S/C22H22BrN3O2S/c23-17-7-9-19(20(14-17)28-13-12-26-11-10-24-22(26)27)21-25-18(15-29-21)8-6-16-4-2-1-3-5-16/h1-5,7,9,14-15H,6,8,10-13H2,(H,24,27). The summed E-state index contributed by atoms with van der Waals surface area (Å²) >= 11 is 5.16. The minimum absolute atomic E-state index is 0.0222. The van der Waals surface area contributed by atoms with Gasteiger partial charge in [0.15, 0.2) is 0 Å². The van der Waals surface area contributed by atoms with E-state index in [9.17, 15) is 4.79 Å². The maximum atomic E-state index is 11.7. The summed E-state index contributed by atoms with van der Waals surface area (Å²) in [7, 11) is 0. The summed E-state index contributed by atoms with van der Waals surface area (Å²) in [6.45, 7) is 2.44. The fraction of sp³-hybridized carbons (Fsp3) is 0.273. The zero-order valence-electron chi connectivity index (χ0n) is 15.9. The second-order valence-corrected chi connectivity index (χ2v) is 8.61. The van der Waals surface area contributed by atoms with Crippen LogP contribution in [0.25, 0.3) is 10.6 Å². The van der Waals surface area contributed by atoms with Gasteiger partial charge in [-0.15, -0.1) is 11.3 Å². The summed E-state index contributed by atoms with van der Waals surface area (Å²) in [5.74, 6) is 0.780. The van der Waals surface area contributed by atoms with E-state index in [4.69, 9.17) is 9.72 Å². The molecule has 1 N–H and O–H groups in total. The number of benzene rings is 2. The van der Waals surface area contributed by atoms with Gasteiger partial charge in [0.25, 0.3) is 0 Å². The Morgan fingerprint density at radius 3 is 2.83 bits per heavy atom. The number of hydrogen-bond donors (Lipinski definition) is 1. The van der Waals surface area contributed by atoms with Gasteiger partial charge >= 0.3 is 6.03 Å². The maximum Gasteiger partial charge on any atom is 0.317 e. The molecule has 7 heteroatoms. The minimum Gasteiger partial charge on any atom is -0.491 e. The van der Waals surface area contributed by atoms with Crippen molar-refractivity contribution in [2.45, 2.75) is 12.8 Å². The second-order valence-electron chi connectivity index (χ2n) is 6.84. The SMILES string of the molecule is O=C1NCCN1CCOc1cc(Br)ccc1-c1nc(CCc2ccccc2)cs1. The van der Waals surface area contributed by atoms with Gasteiger partial charge in [-0.25, -0.2) is 9.78 Å². The number of amides is 2. The van der Waals surface area contributed by atoms with Crippen molar-refractivity contribution in [1.29, 1.82) is 0 Å². The summed E-state index contributed by atoms with van der Waals surface area (Å²) in [5.41, 5.74) is 3.40. The lowest BCUT2D eigenvalue weighted by Gasteiger charge is -2.16. The summed E-state index contributed by atoms with van der Waals surface area (Å²) in [6.07, 6.45) is 1.89. The van der Waals surface area contributed by atoms with Gasteiger partial charge in [0.1, 0.15) is 17.4 Å². The number of carbonyl (C=O) groups excluding carboxylic acids is 1. The van der Waals surface area contributed by atoms with Crippen LogP contribution >= 0.6 is 27.3 Å². The van der Waals surface area contributed by atoms with Crippen LogP contribution in [0.1, 0.15) is 11.3 Å². The van der Waals surface area contributed by atoms with Crippen LogP contribution in [0.2, 0.25) is 0 Å². The first kappa shape index (κ1) is 19.9. The third-order valence-corrected chi connectivity index (χ3v) is 6.22. The lowest BCUT2D eigenvalue weighted by Crippen LogP contribution is -2.31. The van der Waals surface area contributed by atoms with Crippen molar-refractivity contribution in [2.24, 2.45) is 0 Å². The fourth-order valence-corrected chi connectivity index (χ4v) is 4.47. The van der Waals surface area contributed by atoms with Crippen molar-refractivity contribution in [2.75, 3.05) is 26.2 Å². The first-order chi connectivity index (χ1) is 14.2. The van der Waals surface area contributed by atoms with Crippen molar-refractivity contribution in [1.82, 2.24) is 15.2 Å². The van der Waals surface area contributed by atoms with Crippen LogP contribution in [0, 0.1) is 0 Å². The van der Waals surface area contributed by atoms with E-state index in [2.05, 4.69) is 50.9 Å². The van der Waals surface area contributed by atoms with E-state index >= 15 is 0 Å². The predicted octanol–water partition coefficient (Wildman–Crippen LogP) is 4.76. The average Bonchev–Trinajstić information content (AvgIpc) is 3.37. The van der Waals surface area contributed by atoms with Crippen LogP contribution in [0.15, 0.2) is 58.4 Å². The summed E-state index contributed by atoms with van der Waals surface area (Å²) < 4.78 is 6.99. The van der Waals surface area contributed by atoms with E-state index in [1.54, 1.807) is 16.2 Å². The molecular weight excluding hydrogens is 450 g/mol. The topological polar surface area (TPSA) is 54.5 Å². The first-order valence-corrected chi connectivity index (χ1v) is 11.3. The van der Waals surface area contributed by atoms with Gasteiger partial charge in [-0.1, -0.05) is 46.3 Å². The molecular formula is C22H22BrN3O2S. The zero-order valence-corrected chi connectivity index (χ0v) is 18.3. The number of nitrogens with one attached hydrogen (secondary N) is 1. The van der Waals surface area contributed by atoms with E-state index in [1.807, 2.05) is 24.3 Å². The van der Waals surface area contributed by atoms with Crippen LogP contribution in [-0.4, -0.2) is 42.2 Å². The highest BCUT2D eigenvalue weighted by Gasteiger charge is 2.19. The van der Waals surface area contributed by atoms with Crippen LogP contribution in [0.4, 0.5) is 4.79 Å². The zero-order chi connectivity index (χ0) is 20.1. The Balaban J connectivity index is 1.42. The fourth-order valence-electron chi connectivity index (χ4n) is 3.25. The molecule has 1 fully saturated rings. The van der Waals surface area contributed by atoms with Gasteiger partial charge in [0.05, 0.1) is 17.8 Å². The average molecular weight is 472 g/mol. The highest BCUT2D eigenvalue weighted by atomic mass is 79.9. The van der Waals surface area contributed by atoms with E-state index in [0.717, 1.165) is 45.9 Å². The molecule has 4 rings (SSSR count). The maximum absolute atomic E-state index is 11.7. The van der Waals surface area contributed by atoms with E-state index in [1.165, 1.54) is 5.56 Å². The Morgan fingerprint density at radius 1 is 1.17 bits per heavy atom. The molecule has 1 saturated heterocycles. The molecule has 3 aromatic rings. The molecule has 1 aromatic heterocycles.